The fourth-order valence-corrected chi connectivity index (χ4v) is 1.59. The Hall–Kier alpha value is -1.77. The summed E-state index contributed by atoms with van der Waals surface area (Å²) in [6, 6.07) is 6.26. The minimum atomic E-state index is 0.899. The molecule has 0 radical (unpaired) electrons. The van der Waals surface area contributed by atoms with Gasteiger partial charge in [0, 0.05) is 17.3 Å². The summed E-state index contributed by atoms with van der Waals surface area (Å²) in [4.78, 5) is 0. The lowest BCUT2D eigenvalue weighted by Crippen LogP contribution is -1.89. The summed E-state index contributed by atoms with van der Waals surface area (Å²) in [5.74, 6) is 0.899. The van der Waals surface area contributed by atoms with Gasteiger partial charge in [0.2, 0.25) is 0 Å². The van der Waals surface area contributed by atoms with E-state index in [0.29, 0.717) is 0 Å². The second-order valence-corrected chi connectivity index (χ2v) is 3.38. The SMILES string of the molecule is CCc1ccc(-c2cn[nH]c2)c(OC)c1. The molecule has 0 saturated carbocycles. The van der Waals surface area contributed by atoms with E-state index in [2.05, 4.69) is 35.3 Å². The van der Waals surface area contributed by atoms with Gasteiger partial charge in [-0.15, -0.1) is 0 Å². The van der Waals surface area contributed by atoms with Crippen LogP contribution in [0.25, 0.3) is 11.1 Å². The molecule has 1 aromatic carbocycles. The van der Waals surface area contributed by atoms with E-state index in [1.165, 1.54) is 5.56 Å². The maximum absolute atomic E-state index is 5.37. The summed E-state index contributed by atoms with van der Waals surface area (Å²) in [7, 11) is 1.69. The first kappa shape index (κ1) is 9.77. The fraction of sp³-hybridized carbons (Fsp3) is 0.250. The van der Waals surface area contributed by atoms with Gasteiger partial charge in [-0.1, -0.05) is 19.1 Å². The summed E-state index contributed by atoms with van der Waals surface area (Å²) in [6.45, 7) is 2.13. The van der Waals surface area contributed by atoms with E-state index in [0.717, 1.165) is 23.3 Å². The van der Waals surface area contributed by atoms with E-state index in [4.69, 9.17) is 4.74 Å². The molecule has 0 spiro atoms. The number of aryl methyl sites for hydroxylation is 1. The normalized spacial score (nSPS) is 10.3. The number of hydrogen-bond donors (Lipinski definition) is 1. The van der Waals surface area contributed by atoms with Gasteiger partial charge < -0.3 is 4.74 Å². The molecular formula is C12H14N2O. The summed E-state index contributed by atoms with van der Waals surface area (Å²) < 4.78 is 5.37. The fourth-order valence-electron chi connectivity index (χ4n) is 1.59. The number of methoxy groups -OCH3 is 1. The number of H-pyrrole nitrogens is 1. The van der Waals surface area contributed by atoms with Crippen LogP contribution >= 0.6 is 0 Å². The third-order valence-corrected chi connectivity index (χ3v) is 2.48. The Bertz CT molecular complexity index is 435. The van der Waals surface area contributed by atoms with Crippen LogP contribution in [0.5, 0.6) is 5.75 Å². The van der Waals surface area contributed by atoms with E-state index >= 15 is 0 Å². The number of ether oxygens (including phenoxy) is 1. The third-order valence-electron chi connectivity index (χ3n) is 2.48. The zero-order valence-electron chi connectivity index (χ0n) is 8.95. The van der Waals surface area contributed by atoms with Crippen LogP contribution < -0.4 is 4.74 Å². The van der Waals surface area contributed by atoms with E-state index in [1.54, 1.807) is 13.3 Å². The summed E-state index contributed by atoms with van der Waals surface area (Å²) in [6.07, 6.45) is 4.68. The number of aromatic nitrogens is 2. The lowest BCUT2D eigenvalue weighted by molar-refractivity contribution is 0.416. The summed E-state index contributed by atoms with van der Waals surface area (Å²) >= 11 is 0. The predicted octanol–water partition coefficient (Wildman–Crippen LogP) is 2.65. The van der Waals surface area contributed by atoms with Crippen molar-refractivity contribution < 1.29 is 4.74 Å². The number of hydrogen-bond acceptors (Lipinski definition) is 2. The molecule has 1 N–H and O–H groups in total. The van der Waals surface area contributed by atoms with Crippen LogP contribution in [0, 0.1) is 0 Å². The standard InChI is InChI=1S/C12H14N2O/c1-3-9-4-5-11(12(6-9)15-2)10-7-13-14-8-10/h4-8H,3H2,1-2H3,(H,13,14). The minimum Gasteiger partial charge on any atom is -0.496 e. The smallest absolute Gasteiger partial charge is 0.127 e. The first-order valence-corrected chi connectivity index (χ1v) is 5.01. The second kappa shape index (κ2) is 4.17. The maximum atomic E-state index is 5.37. The van der Waals surface area contributed by atoms with Crippen LogP contribution in [0.2, 0.25) is 0 Å². The molecule has 3 nitrogen and oxygen atoms in total. The van der Waals surface area contributed by atoms with Crippen LogP contribution in [0.15, 0.2) is 30.6 Å². The highest BCUT2D eigenvalue weighted by Crippen LogP contribution is 2.30. The zero-order chi connectivity index (χ0) is 10.7. The quantitative estimate of drug-likeness (QED) is 0.830. The van der Waals surface area contributed by atoms with Crippen molar-refractivity contribution in [2.45, 2.75) is 13.3 Å². The average molecular weight is 202 g/mol. The molecule has 0 aliphatic rings. The van der Waals surface area contributed by atoms with Crippen LogP contribution in [0.3, 0.4) is 0 Å². The second-order valence-electron chi connectivity index (χ2n) is 3.38. The Morgan fingerprint density at radius 2 is 2.27 bits per heavy atom. The number of benzene rings is 1. The van der Waals surface area contributed by atoms with E-state index in [-0.39, 0.29) is 0 Å². The molecule has 0 amide bonds. The van der Waals surface area contributed by atoms with Crippen LogP contribution in [-0.4, -0.2) is 17.3 Å². The Labute approximate surface area is 89.1 Å². The van der Waals surface area contributed by atoms with Crippen molar-refractivity contribution in [3.8, 4) is 16.9 Å². The van der Waals surface area contributed by atoms with Gasteiger partial charge >= 0.3 is 0 Å². The molecule has 0 atom stereocenters. The number of nitrogens with zero attached hydrogens (tertiary/aromatic N) is 1. The van der Waals surface area contributed by atoms with Crippen molar-refractivity contribution in [2.75, 3.05) is 7.11 Å². The minimum absolute atomic E-state index is 0.899. The van der Waals surface area contributed by atoms with Gasteiger partial charge in [-0.25, -0.2) is 0 Å². The van der Waals surface area contributed by atoms with Gasteiger partial charge in [-0.3, -0.25) is 5.10 Å². The zero-order valence-corrected chi connectivity index (χ0v) is 8.95. The van der Waals surface area contributed by atoms with E-state index in [9.17, 15) is 0 Å². The van der Waals surface area contributed by atoms with Gasteiger partial charge in [-0.2, -0.15) is 5.10 Å². The molecule has 15 heavy (non-hydrogen) atoms. The first-order chi connectivity index (χ1) is 7.35. The van der Waals surface area contributed by atoms with Crippen molar-refractivity contribution in [3.05, 3.63) is 36.2 Å². The maximum Gasteiger partial charge on any atom is 0.127 e. The molecule has 0 unspecified atom stereocenters. The lowest BCUT2D eigenvalue weighted by atomic mass is 10.0. The highest BCUT2D eigenvalue weighted by atomic mass is 16.5. The molecule has 0 bridgehead atoms. The Balaban J connectivity index is 2.48. The molecular weight excluding hydrogens is 188 g/mol. The molecule has 2 aromatic rings. The number of aromatic amines is 1. The molecule has 0 fully saturated rings. The monoisotopic (exact) mass is 202 g/mol. The number of rotatable bonds is 3. The predicted molar refractivity (Wildman–Crippen MR) is 60.0 cm³/mol. The average Bonchev–Trinajstić information content (AvgIpc) is 2.81. The third kappa shape index (κ3) is 1.86. The van der Waals surface area contributed by atoms with Gasteiger partial charge in [0.25, 0.3) is 0 Å². The molecule has 1 heterocycles. The molecule has 3 heteroatoms. The molecule has 0 aliphatic heterocycles. The van der Waals surface area contributed by atoms with E-state index < -0.39 is 0 Å². The van der Waals surface area contributed by atoms with Crippen LogP contribution in [-0.2, 0) is 6.42 Å². The Morgan fingerprint density at radius 1 is 1.40 bits per heavy atom. The van der Waals surface area contributed by atoms with Crippen molar-refractivity contribution in [1.82, 2.24) is 10.2 Å². The topological polar surface area (TPSA) is 37.9 Å². The molecule has 0 aliphatic carbocycles. The highest BCUT2D eigenvalue weighted by Gasteiger charge is 2.06. The Kier molecular flexibility index (Phi) is 2.72. The van der Waals surface area contributed by atoms with Gasteiger partial charge in [0.05, 0.1) is 13.3 Å². The van der Waals surface area contributed by atoms with Crippen molar-refractivity contribution in [3.63, 3.8) is 0 Å². The van der Waals surface area contributed by atoms with Crippen LogP contribution in [0.1, 0.15) is 12.5 Å². The first-order valence-electron chi connectivity index (χ1n) is 5.01. The number of nitrogens with one attached hydrogen (secondary N) is 1. The summed E-state index contributed by atoms with van der Waals surface area (Å²) in [5, 5.41) is 6.74. The van der Waals surface area contributed by atoms with E-state index in [1.807, 2.05) is 6.20 Å². The molecule has 78 valence electrons. The molecule has 0 saturated heterocycles. The Morgan fingerprint density at radius 3 is 2.87 bits per heavy atom. The molecule has 1 aromatic heterocycles. The largest absolute Gasteiger partial charge is 0.496 e. The molecule has 2 rings (SSSR count). The van der Waals surface area contributed by atoms with Crippen LogP contribution in [0.4, 0.5) is 0 Å². The lowest BCUT2D eigenvalue weighted by Gasteiger charge is -2.08. The highest BCUT2D eigenvalue weighted by molar-refractivity contribution is 5.69. The van der Waals surface area contributed by atoms with Gasteiger partial charge in [0.15, 0.2) is 0 Å². The van der Waals surface area contributed by atoms with Gasteiger partial charge in [-0.05, 0) is 18.1 Å². The van der Waals surface area contributed by atoms with Crippen molar-refractivity contribution in [2.24, 2.45) is 0 Å². The van der Waals surface area contributed by atoms with Gasteiger partial charge in [0.1, 0.15) is 5.75 Å². The summed E-state index contributed by atoms with van der Waals surface area (Å²) in [5.41, 5.74) is 3.40. The van der Waals surface area contributed by atoms with Crippen molar-refractivity contribution >= 4 is 0 Å². The van der Waals surface area contributed by atoms with Crippen molar-refractivity contribution in [1.29, 1.82) is 0 Å².